The Hall–Kier alpha value is -2.97. The zero-order valence-electron chi connectivity index (χ0n) is 18.4. The number of carbonyl (C=O) groups is 3. The molecule has 0 unspecified atom stereocenters. The number of halogens is 2. The minimum atomic E-state index is -0.785. The van der Waals surface area contributed by atoms with Gasteiger partial charge in [0.2, 0.25) is 5.91 Å². The Bertz CT molecular complexity index is 961. The normalized spacial score (nSPS) is 15.1. The third-order valence-electron chi connectivity index (χ3n) is 5.67. The van der Waals surface area contributed by atoms with Gasteiger partial charge in [0, 0.05) is 42.9 Å². The molecule has 1 atom stereocenters. The molecule has 2 N–H and O–H groups in total. The van der Waals surface area contributed by atoms with E-state index in [9.17, 15) is 18.8 Å². The molecule has 33 heavy (non-hydrogen) atoms. The van der Waals surface area contributed by atoms with Crippen LogP contribution in [0.25, 0.3) is 0 Å². The van der Waals surface area contributed by atoms with Gasteiger partial charge in [-0.15, -0.1) is 0 Å². The lowest BCUT2D eigenvalue weighted by Gasteiger charge is -2.36. The minimum absolute atomic E-state index is 0.0958. The molecule has 9 heteroatoms. The van der Waals surface area contributed by atoms with E-state index in [1.807, 2.05) is 0 Å². The first-order valence-electron chi connectivity index (χ1n) is 10.8. The number of ether oxygens (including phenoxy) is 1. The number of methoxy groups -OCH3 is 1. The molecule has 0 aliphatic carbocycles. The number of likely N-dealkylation sites (tertiary alicyclic amines) is 1. The van der Waals surface area contributed by atoms with Crippen molar-refractivity contribution in [3.63, 3.8) is 0 Å². The molecule has 0 spiro atoms. The maximum atomic E-state index is 13.2. The van der Waals surface area contributed by atoms with Gasteiger partial charge in [-0.25, -0.2) is 4.39 Å². The van der Waals surface area contributed by atoms with Crippen molar-refractivity contribution in [2.45, 2.75) is 18.9 Å². The Balaban J connectivity index is 1.66. The SMILES string of the molecule is COCCNC(=O)[C@H](NC(=O)c1ccc(F)cc1)C1CCN(C(=O)c2ccc(Cl)cc2)CC1. The molecule has 3 amide bonds. The van der Waals surface area contributed by atoms with Crippen LogP contribution in [-0.2, 0) is 9.53 Å². The van der Waals surface area contributed by atoms with E-state index in [0.717, 1.165) is 0 Å². The number of carbonyl (C=O) groups excluding carboxylic acids is 3. The first-order chi connectivity index (χ1) is 15.9. The van der Waals surface area contributed by atoms with E-state index in [1.165, 1.54) is 31.4 Å². The molecule has 0 saturated carbocycles. The number of nitrogens with zero attached hydrogens (tertiary/aromatic N) is 1. The summed E-state index contributed by atoms with van der Waals surface area (Å²) in [5.74, 6) is -1.47. The smallest absolute Gasteiger partial charge is 0.253 e. The van der Waals surface area contributed by atoms with Crippen molar-refractivity contribution in [1.82, 2.24) is 15.5 Å². The Morgan fingerprint density at radius 1 is 1.06 bits per heavy atom. The quantitative estimate of drug-likeness (QED) is 0.575. The van der Waals surface area contributed by atoms with Crippen LogP contribution < -0.4 is 10.6 Å². The number of piperidine rings is 1. The van der Waals surface area contributed by atoms with Crippen LogP contribution in [0.5, 0.6) is 0 Å². The number of nitrogens with one attached hydrogen (secondary N) is 2. The van der Waals surface area contributed by atoms with E-state index in [2.05, 4.69) is 10.6 Å². The highest BCUT2D eigenvalue weighted by Gasteiger charge is 2.34. The van der Waals surface area contributed by atoms with E-state index >= 15 is 0 Å². The van der Waals surface area contributed by atoms with Crippen molar-refractivity contribution in [3.05, 3.63) is 70.5 Å². The number of hydrogen-bond donors (Lipinski definition) is 2. The molecule has 1 heterocycles. The third kappa shape index (κ3) is 6.76. The second-order valence-corrected chi connectivity index (χ2v) is 8.31. The van der Waals surface area contributed by atoms with Crippen LogP contribution in [0, 0.1) is 11.7 Å². The molecule has 1 fully saturated rings. The molecule has 0 bridgehead atoms. The first-order valence-corrected chi connectivity index (χ1v) is 11.1. The van der Waals surface area contributed by atoms with Crippen molar-refractivity contribution < 1.29 is 23.5 Å². The van der Waals surface area contributed by atoms with Crippen LogP contribution in [0.15, 0.2) is 48.5 Å². The number of rotatable bonds is 8. The lowest BCUT2D eigenvalue weighted by atomic mass is 9.88. The van der Waals surface area contributed by atoms with Crippen molar-refractivity contribution >= 4 is 29.3 Å². The Morgan fingerprint density at radius 2 is 1.67 bits per heavy atom. The number of hydrogen-bond acceptors (Lipinski definition) is 4. The van der Waals surface area contributed by atoms with Gasteiger partial charge >= 0.3 is 0 Å². The molecule has 2 aromatic rings. The molecule has 1 saturated heterocycles. The van der Waals surface area contributed by atoms with Crippen molar-refractivity contribution in [2.24, 2.45) is 5.92 Å². The fourth-order valence-corrected chi connectivity index (χ4v) is 3.95. The summed E-state index contributed by atoms with van der Waals surface area (Å²) in [6, 6.07) is 11.1. The fourth-order valence-electron chi connectivity index (χ4n) is 3.82. The molecule has 3 rings (SSSR count). The van der Waals surface area contributed by atoms with Crippen LogP contribution in [0.2, 0.25) is 5.02 Å². The molecular formula is C24H27ClFN3O4. The zero-order chi connectivity index (χ0) is 23.8. The summed E-state index contributed by atoms with van der Waals surface area (Å²) >= 11 is 5.90. The average molecular weight is 476 g/mol. The molecule has 2 aromatic carbocycles. The van der Waals surface area contributed by atoms with Gasteiger partial charge in [0.1, 0.15) is 11.9 Å². The molecule has 1 aliphatic heterocycles. The zero-order valence-corrected chi connectivity index (χ0v) is 19.1. The highest BCUT2D eigenvalue weighted by molar-refractivity contribution is 6.30. The van der Waals surface area contributed by atoms with Crippen LogP contribution in [0.3, 0.4) is 0 Å². The van der Waals surface area contributed by atoms with E-state index < -0.39 is 17.8 Å². The summed E-state index contributed by atoms with van der Waals surface area (Å²) in [6.45, 7) is 1.57. The summed E-state index contributed by atoms with van der Waals surface area (Å²) in [5, 5.41) is 6.14. The maximum absolute atomic E-state index is 13.2. The Morgan fingerprint density at radius 3 is 2.27 bits per heavy atom. The topological polar surface area (TPSA) is 87.7 Å². The molecular weight excluding hydrogens is 449 g/mol. The van der Waals surface area contributed by atoms with Crippen LogP contribution in [0.1, 0.15) is 33.6 Å². The highest BCUT2D eigenvalue weighted by atomic mass is 35.5. The Kier molecular flexibility index (Phi) is 8.79. The van der Waals surface area contributed by atoms with E-state index in [-0.39, 0.29) is 23.3 Å². The third-order valence-corrected chi connectivity index (χ3v) is 5.92. The Labute approximate surface area is 197 Å². The second kappa shape index (κ2) is 11.8. The highest BCUT2D eigenvalue weighted by Crippen LogP contribution is 2.23. The fraction of sp³-hybridized carbons (Fsp3) is 0.375. The first kappa shape index (κ1) is 24.7. The van der Waals surface area contributed by atoms with Crippen molar-refractivity contribution in [2.75, 3.05) is 33.4 Å². The van der Waals surface area contributed by atoms with Gasteiger partial charge in [0.05, 0.1) is 6.61 Å². The van der Waals surface area contributed by atoms with E-state index in [0.29, 0.717) is 49.7 Å². The van der Waals surface area contributed by atoms with Crippen LogP contribution >= 0.6 is 11.6 Å². The maximum Gasteiger partial charge on any atom is 0.253 e. The van der Waals surface area contributed by atoms with Gasteiger partial charge in [-0.2, -0.15) is 0 Å². The number of benzene rings is 2. The van der Waals surface area contributed by atoms with Gasteiger partial charge in [-0.3, -0.25) is 14.4 Å². The summed E-state index contributed by atoms with van der Waals surface area (Å²) in [6.07, 6.45) is 1.09. The lowest BCUT2D eigenvalue weighted by Crippen LogP contribution is -2.54. The summed E-state index contributed by atoms with van der Waals surface area (Å²) in [5.41, 5.74) is 0.817. The van der Waals surface area contributed by atoms with Gasteiger partial charge in [0.15, 0.2) is 0 Å². The van der Waals surface area contributed by atoms with Crippen molar-refractivity contribution in [1.29, 1.82) is 0 Å². The van der Waals surface area contributed by atoms with Crippen molar-refractivity contribution in [3.8, 4) is 0 Å². The predicted octanol–water partition coefficient (Wildman–Crippen LogP) is 2.89. The average Bonchev–Trinajstić information content (AvgIpc) is 2.83. The van der Waals surface area contributed by atoms with Gasteiger partial charge in [-0.1, -0.05) is 11.6 Å². The summed E-state index contributed by atoms with van der Waals surface area (Å²) < 4.78 is 18.2. The van der Waals surface area contributed by atoms with Crippen LogP contribution in [0.4, 0.5) is 4.39 Å². The minimum Gasteiger partial charge on any atom is -0.383 e. The lowest BCUT2D eigenvalue weighted by molar-refractivity contribution is -0.124. The molecule has 7 nitrogen and oxygen atoms in total. The monoisotopic (exact) mass is 475 g/mol. The summed E-state index contributed by atoms with van der Waals surface area (Å²) in [4.78, 5) is 40.1. The van der Waals surface area contributed by atoms with Gasteiger partial charge < -0.3 is 20.3 Å². The predicted molar refractivity (Wildman–Crippen MR) is 123 cm³/mol. The number of amides is 3. The molecule has 176 valence electrons. The van der Waals surface area contributed by atoms with Gasteiger partial charge in [-0.05, 0) is 67.3 Å². The van der Waals surface area contributed by atoms with E-state index in [1.54, 1.807) is 29.2 Å². The molecule has 0 radical (unpaired) electrons. The second-order valence-electron chi connectivity index (χ2n) is 7.88. The van der Waals surface area contributed by atoms with Crippen LogP contribution in [-0.4, -0.2) is 62.0 Å². The van der Waals surface area contributed by atoms with E-state index in [4.69, 9.17) is 16.3 Å². The standard InChI is InChI=1S/C24H27ClFN3O4/c1-33-15-12-27-23(31)21(28-22(30)17-4-8-20(26)9-5-17)16-10-13-29(14-11-16)24(32)18-2-6-19(25)7-3-18/h2-9,16,21H,10-15H2,1H3,(H,27,31)(H,28,30)/t21-/m1/s1. The largest absolute Gasteiger partial charge is 0.383 e. The molecule has 0 aromatic heterocycles. The molecule has 1 aliphatic rings. The summed E-state index contributed by atoms with van der Waals surface area (Å²) in [7, 11) is 1.54. The van der Waals surface area contributed by atoms with Gasteiger partial charge in [0.25, 0.3) is 11.8 Å².